The van der Waals surface area contributed by atoms with Gasteiger partial charge in [0.05, 0.1) is 13.7 Å². The van der Waals surface area contributed by atoms with Gasteiger partial charge in [-0.1, -0.05) is 38.3 Å². The van der Waals surface area contributed by atoms with E-state index in [4.69, 9.17) is 4.74 Å². The van der Waals surface area contributed by atoms with Crippen LogP contribution in [0.15, 0.2) is 42.6 Å². The summed E-state index contributed by atoms with van der Waals surface area (Å²) in [6.45, 7) is 3.46. The molecule has 0 saturated heterocycles. The van der Waals surface area contributed by atoms with Gasteiger partial charge in [0.1, 0.15) is 5.75 Å². The summed E-state index contributed by atoms with van der Waals surface area (Å²) in [5, 5.41) is 0. The highest BCUT2D eigenvalue weighted by Crippen LogP contribution is 2.25. The zero-order valence-corrected chi connectivity index (χ0v) is 16.0. The van der Waals surface area contributed by atoms with Crippen LogP contribution in [0.2, 0.25) is 0 Å². The predicted octanol–water partition coefficient (Wildman–Crippen LogP) is 4.62. The van der Waals surface area contributed by atoms with Crippen LogP contribution in [-0.4, -0.2) is 28.5 Å². The van der Waals surface area contributed by atoms with Gasteiger partial charge < -0.3 is 14.2 Å². The highest BCUT2D eigenvalue weighted by molar-refractivity contribution is 5.76. The van der Waals surface area contributed by atoms with Gasteiger partial charge in [-0.05, 0) is 42.7 Å². The molecule has 140 valence electrons. The number of ether oxygens (including phenoxy) is 1. The van der Waals surface area contributed by atoms with Crippen molar-refractivity contribution < 1.29 is 9.53 Å². The first kappa shape index (κ1) is 18.6. The minimum atomic E-state index is 0.269. The zero-order chi connectivity index (χ0) is 18.4. The van der Waals surface area contributed by atoms with E-state index in [9.17, 15) is 4.79 Å². The van der Waals surface area contributed by atoms with E-state index in [0.717, 1.165) is 25.1 Å². The quantitative estimate of drug-likeness (QED) is 0.727. The summed E-state index contributed by atoms with van der Waals surface area (Å²) in [6, 6.07) is 12.8. The zero-order valence-electron chi connectivity index (χ0n) is 16.0. The molecule has 4 heteroatoms. The second kappa shape index (κ2) is 8.93. The molecule has 1 aliphatic rings. The maximum absolute atomic E-state index is 12.6. The van der Waals surface area contributed by atoms with Crippen molar-refractivity contribution in [3.05, 3.63) is 53.9 Å². The van der Waals surface area contributed by atoms with Crippen LogP contribution in [0.25, 0.3) is 0 Å². The standard InChI is InChI=1S/C22H30N2O2/c1-3-22(25)24(19-10-5-4-6-11-19)17-20-12-8-14-23(20)16-18-9-7-13-21(15-18)26-2/h7-9,12-15,19H,3-6,10-11,16-17H2,1-2H3. The van der Waals surface area contributed by atoms with Gasteiger partial charge >= 0.3 is 0 Å². The minimum absolute atomic E-state index is 0.269. The fourth-order valence-electron chi connectivity index (χ4n) is 3.91. The van der Waals surface area contributed by atoms with Crippen LogP contribution < -0.4 is 4.74 Å². The first-order valence-corrected chi connectivity index (χ1v) is 9.77. The van der Waals surface area contributed by atoms with E-state index in [1.54, 1.807) is 7.11 Å². The molecule has 0 unspecified atom stereocenters. The van der Waals surface area contributed by atoms with Gasteiger partial charge in [0, 0.05) is 30.9 Å². The lowest BCUT2D eigenvalue weighted by Gasteiger charge is -2.34. The third-order valence-corrected chi connectivity index (χ3v) is 5.38. The molecule has 26 heavy (non-hydrogen) atoms. The molecule has 1 amide bonds. The monoisotopic (exact) mass is 354 g/mol. The third kappa shape index (κ3) is 4.48. The van der Waals surface area contributed by atoms with E-state index in [1.165, 1.54) is 30.5 Å². The van der Waals surface area contributed by atoms with Crippen molar-refractivity contribution >= 4 is 5.91 Å². The van der Waals surface area contributed by atoms with Crippen molar-refractivity contribution in [2.75, 3.05) is 7.11 Å². The van der Waals surface area contributed by atoms with Crippen molar-refractivity contribution in [3.63, 3.8) is 0 Å². The molecule has 2 aromatic rings. The molecule has 0 spiro atoms. The molecule has 0 bridgehead atoms. The molecule has 1 fully saturated rings. The van der Waals surface area contributed by atoms with E-state index in [1.807, 2.05) is 19.1 Å². The number of hydrogen-bond donors (Lipinski definition) is 0. The summed E-state index contributed by atoms with van der Waals surface area (Å²) >= 11 is 0. The molecule has 4 nitrogen and oxygen atoms in total. The molecule has 0 N–H and O–H groups in total. The third-order valence-electron chi connectivity index (χ3n) is 5.38. The molecule has 0 aliphatic heterocycles. The molecule has 1 aromatic carbocycles. The topological polar surface area (TPSA) is 34.5 Å². The van der Waals surface area contributed by atoms with Crippen molar-refractivity contribution in [2.45, 2.75) is 64.6 Å². The second-order valence-electron chi connectivity index (χ2n) is 7.15. The highest BCUT2D eigenvalue weighted by Gasteiger charge is 2.25. The Morgan fingerprint density at radius 2 is 2.00 bits per heavy atom. The average molecular weight is 354 g/mol. The Labute approximate surface area is 156 Å². The number of nitrogens with zero attached hydrogens (tertiary/aromatic N) is 2. The van der Waals surface area contributed by atoms with Gasteiger partial charge in [0.25, 0.3) is 0 Å². The average Bonchev–Trinajstić information content (AvgIpc) is 3.13. The number of rotatable bonds is 7. The Morgan fingerprint density at radius 1 is 1.19 bits per heavy atom. The Balaban J connectivity index is 1.76. The van der Waals surface area contributed by atoms with Crippen LogP contribution in [0.1, 0.15) is 56.7 Å². The number of amides is 1. The Morgan fingerprint density at radius 3 is 2.73 bits per heavy atom. The Bertz CT molecular complexity index is 716. The molecule has 1 aromatic heterocycles. The lowest BCUT2D eigenvalue weighted by molar-refractivity contribution is -0.134. The van der Waals surface area contributed by atoms with Crippen molar-refractivity contribution in [2.24, 2.45) is 0 Å². The molecule has 1 heterocycles. The van der Waals surface area contributed by atoms with Crippen molar-refractivity contribution in [3.8, 4) is 5.75 Å². The minimum Gasteiger partial charge on any atom is -0.497 e. The Kier molecular flexibility index (Phi) is 6.37. The van der Waals surface area contributed by atoms with E-state index in [-0.39, 0.29) is 5.91 Å². The van der Waals surface area contributed by atoms with E-state index in [2.05, 4.69) is 39.9 Å². The molecule has 0 radical (unpaired) electrons. The van der Waals surface area contributed by atoms with E-state index >= 15 is 0 Å². The normalized spacial score (nSPS) is 15.0. The number of benzene rings is 1. The number of carbonyl (C=O) groups is 1. The van der Waals surface area contributed by atoms with Gasteiger partial charge in [-0.25, -0.2) is 0 Å². The number of carbonyl (C=O) groups excluding carboxylic acids is 1. The Hall–Kier alpha value is -2.23. The second-order valence-corrected chi connectivity index (χ2v) is 7.15. The number of hydrogen-bond acceptors (Lipinski definition) is 2. The van der Waals surface area contributed by atoms with Crippen LogP contribution in [0.4, 0.5) is 0 Å². The van der Waals surface area contributed by atoms with Crippen LogP contribution in [0.5, 0.6) is 5.75 Å². The van der Waals surface area contributed by atoms with Gasteiger partial charge in [-0.15, -0.1) is 0 Å². The maximum atomic E-state index is 12.6. The SMILES string of the molecule is CCC(=O)N(Cc1cccn1Cc1cccc(OC)c1)C1CCCCC1. The summed E-state index contributed by atoms with van der Waals surface area (Å²) in [5.41, 5.74) is 2.40. The summed E-state index contributed by atoms with van der Waals surface area (Å²) in [7, 11) is 1.69. The van der Waals surface area contributed by atoms with Gasteiger partial charge in [0.2, 0.25) is 5.91 Å². The number of methoxy groups -OCH3 is 1. The fourth-order valence-corrected chi connectivity index (χ4v) is 3.91. The van der Waals surface area contributed by atoms with Crippen LogP contribution in [0, 0.1) is 0 Å². The number of aromatic nitrogens is 1. The molecular weight excluding hydrogens is 324 g/mol. The van der Waals surface area contributed by atoms with Gasteiger partial charge in [0.15, 0.2) is 0 Å². The summed E-state index contributed by atoms with van der Waals surface area (Å²) in [6.07, 6.45) is 8.74. The van der Waals surface area contributed by atoms with E-state index in [0.29, 0.717) is 19.0 Å². The van der Waals surface area contributed by atoms with Crippen LogP contribution >= 0.6 is 0 Å². The summed E-state index contributed by atoms with van der Waals surface area (Å²) < 4.78 is 7.58. The van der Waals surface area contributed by atoms with Crippen LogP contribution in [-0.2, 0) is 17.9 Å². The largest absolute Gasteiger partial charge is 0.497 e. The molecular formula is C22H30N2O2. The maximum Gasteiger partial charge on any atom is 0.222 e. The van der Waals surface area contributed by atoms with Crippen LogP contribution in [0.3, 0.4) is 0 Å². The fraction of sp³-hybridized carbons (Fsp3) is 0.500. The van der Waals surface area contributed by atoms with Gasteiger partial charge in [-0.3, -0.25) is 4.79 Å². The lowest BCUT2D eigenvalue weighted by atomic mass is 9.94. The molecule has 0 atom stereocenters. The van der Waals surface area contributed by atoms with E-state index < -0.39 is 0 Å². The summed E-state index contributed by atoms with van der Waals surface area (Å²) in [4.78, 5) is 14.7. The van der Waals surface area contributed by atoms with Crippen molar-refractivity contribution in [1.82, 2.24) is 9.47 Å². The molecule has 3 rings (SSSR count). The lowest BCUT2D eigenvalue weighted by Crippen LogP contribution is -2.41. The molecule has 1 aliphatic carbocycles. The summed E-state index contributed by atoms with van der Waals surface area (Å²) in [5.74, 6) is 1.15. The predicted molar refractivity (Wildman–Crippen MR) is 104 cm³/mol. The first-order chi connectivity index (χ1) is 12.7. The molecule has 1 saturated carbocycles. The first-order valence-electron chi connectivity index (χ1n) is 9.77. The highest BCUT2D eigenvalue weighted by atomic mass is 16.5. The smallest absolute Gasteiger partial charge is 0.222 e. The van der Waals surface area contributed by atoms with Gasteiger partial charge in [-0.2, -0.15) is 0 Å². The van der Waals surface area contributed by atoms with Crippen molar-refractivity contribution in [1.29, 1.82) is 0 Å².